The number of nitrogens with zero attached hydrogens (tertiary/aromatic N) is 4. The average molecular weight is 419 g/mol. The molecule has 0 radical (unpaired) electrons. The second-order valence-corrected chi connectivity index (χ2v) is 7.03. The molecule has 154 valence electrons. The summed E-state index contributed by atoms with van der Waals surface area (Å²) in [5.74, 6) is 0.372. The van der Waals surface area contributed by atoms with Crippen LogP contribution in [0, 0.1) is 0 Å². The zero-order chi connectivity index (χ0) is 21.1. The number of fused-ring (bicyclic) bond motifs is 1. The standard InChI is InChI=1S/C19H23ClN6O3/c1-4-14(27)21-9-10-22-18-23-16-15(17(28)25(3)19(29)24(16)2)26(18)11-12-7-5-6-8-13(12)20/h5-8H,4,9-11H2,1-3H3,(H,21,27)(H,22,23). The first kappa shape index (κ1) is 20.7. The molecule has 1 amide bonds. The van der Waals surface area contributed by atoms with Gasteiger partial charge in [0.05, 0.1) is 6.54 Å². The highest BCUT2D eigenvalue weighted by atomic mass is 35.5. The minimum absolute atomic E-state index is 0.0485. The fourth-order valence-electron chi connectivity index (χ4n) is 3.03. The topological polar surface area (TPSA) is 103 Å². The van der Waals surface area contributed by atoms with Crippen molar-refractivity contribution in [2.75, 3.05) is 18.4 Å². The molecule has 2 N–H and O–H groups in total. The third-order valence-corrected chi connectivity index (χ3v) is 5.05. The van der Waals surface area contributed by atoms with Crippen LogP contribution in [0.15, 0.2) is 33.9 Å². The quantitative estimate of drug-likeness (QED) is 0.559. The molecule has 3 rings (SSSR count). The molecule has 2 heterocycles. The molecule has 29 heavy (non-hydrogen) atoms. The Labute approximate surface area is 171 Å². The Bertz CT molecular complexity index is 1180. The van der Waals surface area contributed by atoms with Gasteiger partial charge in [0.1, 0.15) is 0 Å². The van der Waals surface area contributed by atoms with E-state index in [9.17, 15) is 14.4 Å². The van der Waals surface area contributed by atoms with Crippen LogP contribution in [-0.2, 0) is 25.4 Å². The van der Waals surface area contributed by atoms with E-state index in [-0.39, 0.29) is 11.6 Å². The number of halogens is 1. The van der Waals surface area contributed by atoms with E-state index >= 15 is 0 Å². The summed E-state index contributed by atoms with van der Waals surface area (Å²) >= 11 is 6.31. The van der Waals surface area contributed by atoms with E-state index in [0.717, 1.165) is 10.1 Å². The molecule has 0 aliphatic heterocycles. The van der Waals surface area contributed by atoms with Crippen LogP contribution < -0.4 is 21.9 Å². The fraction of sp³-hybridized carbons (Fsp3) is 0.368. The first-order chi connectivity index (χ1) is 13.8. The Balaban J connectivity index is 2.06. The summed E-state index contributed by atoms with van der Waals surface area (Å²) < 4.78 is 4.10. The molecule has 0 saturated heterocycles. The first-order valence-electron chi connectivity index (χ1n) is 9.25. The first-order valence-corrected chi connectivity index (χ1v) is 9.63. The number of benzene rings is 1. The number of nitrogens with one attached hydrogen (secondary N) is 2. The van der Waals surface area contributed by atoms with Gasteiger partial charge in [-0.3, -0.25) is 23.3 Å². The largest absolute Gasteiger partial charge is 0.354 e. The van der Waals surface area contributed by atoms with Gasteiger partial charge in [0.25, 0.3) is 5.56 Å². The van der Waals surface area contributed by atoms with Crippen molar-refractivity contribution in [2.45, 2.75) is 19.9 Å². The summed E-state index contributed by atoms with van der Waals surface area (Å²) in [6.07, 6.45) is 0.406. The molecule has 0 unspecified atom stereocenters. The summed E-state index contributed by atoms with van der Waals surface area (Å²) in [5.41, 5.74) is 0.508. The van der Waals surface area contributed by atoms with Gasteiger partial charge in [-0.05, 0) is 11.6 Å². The lowest BCUT2D eigenvalue weighted by molar-refractivity contribution is -0.120. The lowest BCUT2D eigenvalue weighted by Crippen LogP contribution is -2.37. The SMILES string of the molecule is CCC(=O)NCCNc1nc2c(c(=O)n(C)c(=O)n2C)n1Cc1ccccc1Cl. The van der Waals surface area contributed by atoms with E-state index in [1.54, 1.807) is 24.6 Å². The molecule has 0 spiro atoms. The molecule has 10 heteroatoms. The van der Waals surface area contributed by atoms with Crippen molar-refractivity contribution in [2.24, 2.45) is 14.1 Å². The highest BCUT2D eigenvalue weighted by molar-refractivity contribution is 6.31. The number of aryl methyl sites for hydroxylation is 1. The number of rotatable bonds is 7. The van der Waals surface area contributed by atoms with Crippen LogP contribution in [0.4, 0.5) is 5.95 Å². The fourth-order valence-corrected chi connectivity index (χ4v) is 3.23. The highest BCUT2D eigenvalue weighted by Gasteiger charge is 2.19. The summed E-state index contributed by atoms with van der Waals surface area (Å²) in [4.78, 5) is 41.0. The van der Waals surface area contributed by atoms with Gasteiger partial charge in [-0.2, -0.15) is 4.98 Å². The lowest BCUT2D eigenvalue weighted by atomic mass is 10.2. The zero-order valence-electron chi connectivity index (χ0n) is 16.5. The van der Waals surface area contributed by atoms with E-state index in [4.69, 9.17) is 11.6 Å². The Morgan fingerprint density at radius 3 is 2.55 bits per heavy atom. The molecule has 1 aromatic carbocycles. The minimum Gasteiger partial charge on any atom is -0.354 e. The number of carbonyl (C=O) groups excluding carboxylic acids is 1. The molecule has 0 atom stereocenters. The van der Waals surface area contributed by atoms with Gasteiger partial charge in [-0.15, -0.1) is 0 Å². The van der Waals surface area contributed by atoms with Crippen LogP contribution in [0.3, 0.4) is 0 Å². The van der Waals surface area contributed by atoms with E-state index in [0.29, 0.717) is 42.5 Å². The number of imidazole rings is 1. The summed E-state index contributed by atoms with van der Waals surface area (Å²) in [6.45, 7) is 2.89. The molecular weight excluding hydrogens is 396 g/mol. The van der Waals surface area contributed by atoms with Crippen molar-refractivity contribution in [3.05, 3.63) is 55.7 Å². The van der Waals surface area contributed by atoms with Gasteiger partial charge in [-0.1, -0.05) is 36.7 Å². The number of hydrogen-bond donors (Lipinski definition) is 2. The minimum atomic E-state index is -0.452. The van der Waals surface area contributed by atoms with Crippen molar-refractivity contribution in [1.82, 2.24) is 24.0 Å². The van der Waals surface area contributed by atoms with Gasteiger partial charge >= 0.3 is 5.69 Å². The predicted molar refractivity (Wildman–Crippen MR) is 113 cm³/mol. The van der Waals surface area contributed by atoms with Gasteiger partial charge in [-0.25, -0.2) is 4.79 Å². The van der Waals surface area contributed by atoms with E-state index in [1.165, 1.54) is 11.6 Å². The summed E-state index contributed by atoms with van der Waals surface area (Å²) in [5, 5.41) is 6.49. The van der Waals surface area contributed by atoms with Crippen LogP contribution in [0.25, 0.3) is 11.2 Å². The smallest absolute Gasteiger partial charge is 0.332 e. The highest BCUT2D eigenvalue weighted by Crippen LogP contribution is 2.21. The maximum absolute atomic E-state index is 12.8. The van der Waals surface area contributed by atoms with Crippen LogP contribution in [-0.4, -0.2) is 37.7 Å². The van der Waals surface area contributed by atoms with E-state index < -0.39 is 11.2 Å². The van der Waals surface area contributed by atoms with Gasteiger partial charge in [0.15, 0.2) is 11.2 Å². The maximum atomic E-state index is 12.8. The Kier molecular flexibility index (Phi) is 6.07. The van der Waals surface area contributed by atoms with Crippen molar-refractivity contribution in [1.29, 1.82) is 0 Å². The van der Waals surface area contributed by atoms with Gasteiger partial charge in [0.2, 0.25) is 11.9 Å². The molecule has 9 nitrogen and oxygen atoms in total. The molecule has 0 fully saturated rings. The summed E-state index contributed by atoms with van der Waals surface area (Å²) in [7, 11) is 3.01. The van der Waals surface area contributed by atoms with Gasteiger partial charge in [0, 0.05) is 38.6 Å². The lowest BCUT2D eigenvalue weighted by Gasteiger charge is -2.12. The second kappa shape index (κ2) is 8.52. The van der Waals surface area contributed by atoms with Crippen molar-refractivity contribution in [3.8, 4) is 0 Å². The number of anilines is 1. The number of amides is 1. The van der Waals surface area contributed by atoms with Crippen LogP contribution in [0.5, 0.6) is 0 Å². The second-order valence-electron chi connectivity index (χ2n) is 6.62. The van der Waals surface area contributed by atoms with Crippen molar-refractivity contribution < 1.29 is 4.79 Å². The normalized spacial score (nSPS) is 11.0. The number of aromatic nitrogens is 4. The van der Waals surface area contributed by atoms with E-state index in [1.807, 2.05) is 18.2 Å². The third-order valence-electron chi connectivity index (χ3n) is 4.69. The monoisotopic (exact) mass is 418 g/mol. The molecule has 2 aromatic heterocycles. The number of hydrogen-bond acceptors (Lipinski definition) is 5. The Morgan fingerprint density at radius 2 is 1.86 bits per heavy atom. The van der Waals surface area contributed by atoms with Crippen molar-refractivity contribution in [3.63, 3.8) is 0 Å². The summed E-state index contributed by atoms with van der Waals surface area (Å²) in [6, 6.07) is 7.33. The van der Waals surface area contributed by atoms with Crippen LogP contribution >= 0.6 is 11.6 Å². The average Bonchev–Trinajstić information content (AvgIpc) is 3.07. The van der Waals surface area contributed by atoms with Crippen molar-refractivity contribution >= 4 is 34.6 Å². The molecular formula is C19H23ClN6O3. The third kappa shape index (κ3) is 4.04. The maximum Gasteiger partial charge on any atom is 0.332 e. The molecule has 0 aliphatic rings. The molecule has 0 saturated carbocycles. The molecule has 0 bridgehead atoms. The van der Waals surface area contributed by atoms with E-state index in [2.05, 4.69) is 15.6 Å². The Hall–Kier alpha value is -3.07. The predicted octanol–water partition coefficient (Wildman–Crippen LogP) is 1.07. The van der Waals surface area contributed by atoms with Crippen LogP contribution in [0.2, 0.25) is 5.02 Å². The molecule has 3 aromatic rings. The number of carbonyl (C=O) groups is 1. The Morgan fingerprint density at radius 1 is 1.14 bits per heavy atom. The van der Waals surface area contributed by atoms with Gasteiger partial charge < -0.3 is 10.6 Å². The van der Waals surface area contributed by atoms with Crippen LogP contribution in [0.1, 0.15) is 18.9 Å². The molecule has 0 aliphatic carbocycles. The zero-order valence-corrected chi connectivity index (χ0v) is 17.3.